The minimum absolute atomic E-state index is 0.0410. The summed E-state index contributed by atoms with van der Waals surface area (Å²) >= 11 is 0. The molecule has 0 radical (unpaired) electrons. The van der Waals surface area contributed by atoms with Crippen LogP contribution in [0, 0.1) is 0 Å². The van der Waals surface area contributed by atoms with Crippen LogP contribution in [-0.4, -0.2) is 73.8 Å². The molecule has 154 valence electrons. The Bertz CT molecular complexity index is 815. The molecule has 1 amide bonds. The third kappa shape index (κ3) is 3.03. The number of aromatic amines is 1. The lowest BCUT2D eigenvalue weighted by Crippen LogP contribution is -2.59. The maximum atomic E-state index is 13.5. The standard InChI is InChI=1S/C20H31N5O3/c1-24(2)18-22-15-14(16(26)23-18)5-7-19(15)6-4-12-25(13-19)17(27)20(28-3)8-10-21-11-9-20/h21H,4-13H2,1-3H3,(H,22,23,26). The first-order valence-corrected chi connectivity index (χ1v) is 10.3. The third-order valence-electron chi connectivity index (χ3n) is 6.84. The van der Waals surface area contributed by atoms with Gasteiger partial charge >= 0.3 is 0 Å². The van der Waals surface area contributed by atoms with Crippen LogP contribution in [0.1, 0.15) is 43.4 Å². The fraction of sp³-hybridized carbons (Fsp3) is 0.750. The number of likely N-dealkylation sites (tertiary alicyclic amines) is 1. The molecule has 1 atom stereocenters. The summed E-state index contributed by atoms with van der Waals surface area (Å²) in [7, 11) is 5.41. The molecule has 1 aromatic heterocycles. The summed E-state index contributed by atoms with van der Waals surface area (Å²) < 4.78 is 5.78. The maximum Gasteiger partial charge on any atom is 0.255 e. The van der Waals surface area contributed by atoms with E-state index in [0.717, 1.165) is 56.6 Å². The normalized spacial score (nSPS) is 26.3. The average Bonchev–Trinajstić information content (AvgIpc) is 3.06. The lowest BCUT2D eigenvalue weighted by Gasteiger charge is -2.45. The minimum atomic E-state index is -0.721. The number of anilines is 1. The van der Waals surface area contributed by atoms with Gasteiger partial charge in [0, 0.05) is 45.3 Å². The average molecular weight is 390 g/mol. The summed E-state index contributed by atoms with van der Waals surface area (Å²) in [5, 5.41) is 3.31. The Morgan fingerprint density at radius 3 is 2.64 bits per heavy atom. The summed E-state index contributed by atoms with van der Waals surface area (Å²) in [6.07, 6.45) is 4.90. The van der Waals surface area contributed by atoms with E-state index in [1.165, 1.54) is 0 Å². The molecule has 1 aliphatic carbocycles. The van der Waals surface area contributed by atoms with Gasteiger partial charge in [-0.15, -0.1) is 0 Å². The van der Waals surface area contributed by atoms with Gasteiger partial charge in [0.1, 0.15) is 5.60 Å². The SMILES string of the molecule is COC1(C(=O)N2CCCC3(CCc4c3nc(N(C)C)[nH]c4=O)C2)CCNCC1. The number of aromatic nitrogens is 2. The number of ether oxygens (including phenoxy) is 1. The second kappa shape index (κ2) is 7.15. The second-order valence-corrected chi connectivity index (χ2v) is 8.67. The number of hydrogen-bond donors (Lipinski definition) is 2. The van der Waals surface area contributed by atoms with Crippen molar-refractivity contribution in [2.45, 2.75) is 49.5 Å². The van der Waals surface area contributed by atoms with Crippen LogP contribution in [0.3, 0.4) is 0 Å². The predicted octanol–water partition coefficient (Wildman–Crippen LogP) is 0.411. The van der Waals surface area contributed by atoms with Crippen molar-refractivity contribution in [3.63, 3.8) is 0 Å². The zero-order chi connectivity index (χ0) is 19.9. The Kier molecular flexibility index (Phi) is 4.95. The van der Waals surface area contributed by atoms with Crippen molar-refractivity contribution >= 4 is 11.9 Å². The molecule has 1 aromatic rings. The first-order chi connectivity index (χ1) is 13.4. The monoisotopic (exact) mass is 389 g/mol. The third-order valence-corrected chi connectivity index (χ3v) is 6.84. The van der Waals surface area contributed by atoms with Gasteiger partial charge in [0.2, 0.25) is 5.95 Å². The number of fused-ring (bicyclic) bond motifs is 2. The van der Waals surface area contributed by atoms with Crippen molar-refractivity contribution in [2.24, 2.45) is 0 Å². The van der Waals surface area contributed by atoms with E-state index in [2.05, 4.69) is 10.3 Å². The van der Waals surface area contributed by atoms with Crippen molar-refractivity contribution in [1.29, 1.82) is 0 Å². The number of H-pyrrole nitrogens is 1. The molecule has 0 bridgehead atoms. The molecule has 3 aliphatic rings. The quantitative estimate of drug-likeness (QED) is 0.778. The van der Waals surface area contributed by atoms with Gasteiger partial charge in [-0.2, -0.15) is 0 Å². The summed E-state index contributed by atoms with van der Waals surface area (Å²) in [5.41, 5.74) is 0.712. The first-order valence-electron chi connectivity index (χ1n) is 10.3. The molecule has 2 aliphatic heterocycles. The highest BCUT2D eigenvalue weighted by atomic mass is 16.5. The van der Waals surface area contributed by atoms with Gasteiger partial charge < -0.3 is 19.9 Å². The van der Waals surface area contributed by atoms with Crippen molar-refractivity contribution in [1.82, 2.24) is 20.2 Å². The molecular weight excluding hydrogens is 358 g/mol. The number of methoxy groups -OCH3 is 1. The van der Waals surface area contributed by atoms with Gasteiger partial charge in [-0.25, -0.2) is 4.98 Å². The molecule has 28 heavy (non-hydrogen) atoms. The summed E-state index contributed by atoms with van der Waals surface area (Å²) in [6.45, 7) is 2.97. The Morgan fingerprint density at radius 2 is 1.96 bits per heavy atom. The number of nitrogens with zero attached hydrogens (tertiary/aromatic N) is 3. The Morgan fingerprint density at radius 1 is 1.21 bits per heavy atom. The van der Waals surface area contributed by atoms with E-state index in [4.69, 9.17) is 9.72 Å². The van der Waals surface area contributed by atoms with E-state index in [9.17, 15) is 9.59 Å². The van der Waals surface area contributed by atoms with Crippen LogP contribution in [0.2, 0.25) is 0 Å². The number of rotatable bonds is 3. The molecule has 8 nitrogen and oxygen atoms in total. The van der Waals surface area contributed by atoms with Gasteiger partial charge in [0.15, 0.2) is 0 Å². The highest BCUT2D eigenvalue weighted by molar-refractivity contribution is 5.85. The van der Waals surface area contributed by atoms with Gasteiger partial charge in [0.05, 0.1) is 5.69 Å². The van der Waals surface area contributed by atoms with E-state index in [1.807, 2.05) is 23.9 Å². The van der Waals surface area contributed by atoms with Crippen LogP contribution in [0.25, 0.3) is 0 Å². The minimum Gasteiger partial charge on any atom is -0.368 e. The number of amides is 1. The first kappa shape index (κ1) is 19.4. The largest absolute Gasteiger partial charge is 0.368 e. The van der Waals surface area contributed by atoms with E-state index in [-0.39, 0.29) is 16.9 Å². The summed E-state index contributed by atoms with van der Waals surface area (Å²) in [6, 6.07) is 0. The Balaban J connectivity index is 1.65. The molecule has 1 spiro atoms. The number of carbonyl (C=O) groups is 1. The zero-order valence-electron chi connectivity index (χ0n) is 17.1. The van der Waals surface area contributed by atoms with Crippen molar-refractivity contribution in [2.75, 3.05) is 52.3 Å². The van der Waals surface area contributed by atoms with Crippen molar-refractivity contribution < 1.29 is 9.53 Å². The van der Waals surface area contributed by atoms with Gasteiger partial charge in [-0.05, 0) is 51.6 Å². The Labute approximate surface area is 165 Å². The maximum absolute atomic E-state index is 13.5. The highest BCUT2D eigenvalue weighted by Gasteiger charge is 2.49. The van der Waals surface area contributed by atoms with Crippen LogP contribution in [-0.2, 0) is 21.4 Å². The predicted molar refractivity (Wildman–Crippen MR) is 107 cm³/mol. The van der Waals surface area contributed by atoms with Crippen LogP contribution in [0.15, 0.2) is 4.79 Å². The molecule has 4 rings (SSSR count). The Hall–Kier alpha value is -1.93. The van der Waals surface area contributed by atoms with Crippen molar-refractivity contribution in [3.05, 3.63) is 21.6 Å². The van der Waals surface area contributed by atoms with Crippen LogP contribution in [0.4, 0.5) is 5.95 Å². The van der Waals surface area contributed by atoms with E-state index in [0.29, 0.717) is 25.3 Å². The zero-order valence-corrected chi connectivity index (χ0v) is 17.1. The molecule has 2 fully saturated rings. The van der Waals surface area contributed by atoms with Crippen LogP contribution < -0.4 is 15.8 Å². The second-order valence-electron chi connectivity index (χ2n) is 8.67. The highest BCUT2D eigenvalue weighted by Crippen LogP contribution is 2.44. The van der Waals surface area contributed by atoms with E-state index < -0.39 is 5.60 Å². The van der Waals surface area contributed by atoms with Gasteiger partial charge in [0.25, 0.3) is 11.5 Å². The molecule has 3 heterocycles. The fourth-order valence-corrected chi connectivity index (χ4v) is 5.18. The van der Waals surface area contributed by atoms with Crippen LogP contribution in [0.5, 0.6) is 0 Å². The lowest BCUT2D eigenvalue weighted by molar-refractivity contribution is -0.160. The molecule has 0 aromatic carbocycles. The molecule has 0 saturated carbocycles. The number of hydrogen-bond acceptors (Lipinski definition) is 6. The summed E-state index contributed by atoms with van der Waals surface area (Å²) in [5.74, 6) is 0.682. The molecule has 1 unspecified atom stereocenters. The van der Waals surface area contributed by atoms with E-state index >= 15 is 0 Å². The van der Waals surface area contributed by atoms with Gasteiger partial charge in [-0.1, -0.05) is 0 Å². The van der Waals surface area contributed by atoms with Gasteiger partial charge in [-0.3, -0.25) is 14.6 Å². The molecule has 8 heteroatoms. The fourth-order valence-electron chi connectivity index (χ4n) is 5.18. The molecular formula is C20H31N5O3. The van der Waals surface area contributed by atoms with Crippen molar-refractivity contribution in [3.8, 4) is 0 Å². The summed E-state index contributed by atoms with van der Waals surface area (Å²) in [4.78, 5) is 37.6. The lowest BCUT2D eigenvalue weighted by atomic mass is 9.76. The molecule has 2 N–H and O–H groups in total. The molecule has 2 saturated heterocycles. The van der Waals surface area contributed by atoms with E-state index in [1.54, 1.807) is 7.11 Å². The number of nitrogens with one attached hydrogen (secondary N) is 2. The number of piperidine rings is 2. The van der Waals surface area contributed by atoms with Crippen LogP contribution >= 0.6 is 0 Å². The smallest absolute Gasteiger partial charge is 0.255 e. The number of carbonyl (C=O) groups excluding carboxylic acids is 1. The topological polar surface area (TPSA) is 90.6 Å².